The first kappa shape index (κ1) is 23.6. The normalized spacial score (nSPS) is 21.1. The van der Waals surface area contributed by atoms with Crippen LogP contribution in [0.15, 0.2) is 29.2 Å². The molecule has 2 fully saturated rings. The van der Waals surface area contributed by atoms with E-state index in [9.17, 15) is 22.4 Å². The molecular weight excluding hydrogens is 423 g/mol. The summed E-state index contributed by atoms with van der Waals surface area (Å²) in [6.07, 6.45) is 2.14. The molecule has 8 nitrogen and oxygen atoms in total. The van der Waals surface area contributed by atoms with Gasteiger partial charge in [0.05, 0.1) is 17.4 Å². The van der Waals surface area contributed by atoms with Crippen molar-refractivity contribution >= 4 is 21.8 Å². The highest BCUT2D eigenvalue weighted by atomic mass is 32.2. The maximum Gasteiger partial charge on any atom is 0.243 e. The Morgan fingerprint density at radius 1 is 1.10 bits per heavy atom. The number of carbonyl (C=O) groups excluding carboxylic acids is 2. The molecule has 0 aliphatic carbocycles. The highest BCUT2D eigenvalue weighted by Gasteiger charge is 2.36. The Hall–Kier alpha value is -2.04. The monoisotopic (exact) mass is 454 g/mol. The highest BCUT2D eigenvalue weighted by molar-refractivity contribution is 7.89. The SMILES string of the molecule is CCCNC(=O)CN1CCN(C(=O)C2CCCN(S(=O)(=O)c3ccc(F)cc3)C2)CC1. The summed E-state index contributed by atoms with van der Waals surface area (Å²) in [7, 11) is -3.76. The smallest absolute Gasteiger partial charge is 0.243 e. The van der Waals surface area contributed by atoms with Crippen LogP contribution >= 0.6 is 0 Å². The van der Waals surface area contributed by atoms with Gasteiger partial charge in [-0.3, -0.25) is 14.5 Å². The van der Waals surface area contributed by atoms with Crippen molar-refractivity contribution in [2.75, 3.05) is 52.4 Å². The summed E-state index contributed by atoms with van der Waals surface area (Å²) in [5.74, 6) is -0.916. The van der Waals surface area contributed by atoms with Crippen molar-refractivity contribution in [3.05, 3.63) is 30.1 Å². The maximum atomic E-state index is 13.2. The molecule has 1 aromatic rings. The second kappa shape index (κ2) is 10.5. The summed E-state index contributed by atoms with van der Waals surface area (Å²) >= 11 is 0. The molecule has 0 saturated carbocycles. The minimum Gasteiger partial charge on any atom is -0.355 e. The van der Waals surface area contributed by atoms with Crippen molar-refractivity contribution in [2.45, 2.75) is 31.1 Å². The number of amides is 2. The summed E-state index contributed by atoms with van der Waals surface area (Å²) in [5.41, 5.74) is 0. The van der Waals surface area contributed by atoms with Crippen LogP contribution in [0.1, 0.15) is 26.2 Å². The van der Waals surface area contributed by atoms with Gasteiger partial charge in [-0.25, -0.2) is 12.8 Å². The van der Waals surface area contributed by atoms with Crippen LogP contribution in [0.4, 0.5) is 4.39 Å². The first-order valence-corrected chi connectivity index (χ1v) is 12.3. The van der Waals surface area contributed by atoms with E-state index in [2.05, 4.69) is 5.32 Å². The molecule has 1 aromatic carbocycles. The van der Waals surface area contributed by atoms with Crippen molar-refractivity contribution in [1.29, 1.82) is 0 Å². The third-order valence-electron chi connectivity index (χ3n) is 5.81. The molecule has 10 heteroatoms. The fourth-order valence-electron chi connectivity index (χ4n) is 4.03. The molecule has 0 spiro atoms. The Labute approximate surface area is 183 Å². The standard InChI is InChI=1S/C21H31FN4O4S/c1-2-9-23-20(27)16-24-11-13-25(14-12-24)21(28)17-4-3-10-26(15-17)31(29,30)19-7-5-18(22)6-8-19/h5-8,17H,2-4,9-16H2,1H3,(H,23,27). The molecule has 2 saturated heterocycles. The number of carbonyl (C=O) groups is 2. The van der Waals surface area contributed by atoms with Crippen molar-refractivity contribution in [3.8, 4) is 0 Å². The number of hydrogen-bond acceptors (Lipinski definition) is 5. The lowest BCUT2D eigenvalue weighted by atomic mass is 9.98. The largest absolute Gasteiger partial charge is 0.355 e. The number of nitrogens with one attached hydrogen (secondary N) is 1. The topological polar surface area (TPSA) is 90.0 Å². The van der Waals surface area contributed by atoms with E-state index in [1.54, 1.807) is 4.90 Å². The maximum absolute atomic E-state index is 13.2. The molecule has 31 heavy (non-hydrogen) atoms. The Morgan fingerprint density at radius 2 is 1.77 bits per heavy atom. The zero-order valence-electron chi connectivity index (χ0n) is 17.9. The molecule has 1 atom stereocenters. The molecule has 0 radical (unpaired) electrons. The van der Waals surface area contributed by atoms with Crippen LogP contribution in [0.3, 0.4) is 0 Å². The number of piperidine rings is 1. The number of nitrogens with zero attached hydrogens (tertiary/aromatic N) is 3. The summed E-state index contributed by atoms with van der Waals surface area (Å²) in [4.78, 5) is 28.8. The zero-order valence-corrected chi connectivity index (χ0v) is 18.7. The minimum absolute atomic E-state index is 0.00412. The molecule has 2 aliphatic heterocycles. The number of piperazine rings is 1. The number of rotatable bonds is 7. The molecule has 0 bridgehead atoms. The molecule has 2 aliphatic rings. The van der Waals surface area contributed by atoms with Gasteiger partial charge in [0, 0.05) is 45.8 Å². The van der Waals surface area contributed by atoms with E-state index >= 15 is 0 Å². The zero-order chi connectivity index (χ0) is 22.4. The van der Waals surface area contributed by atoms with Crippen LogP contribution in [0.2, 0.25) is 0 Å². The fourth-order valence-corrected chi connectivity index (χ4v) is 5.55. The molecule has 0 aromatic heterocycles. The van der Waals surface area contributed by atoms with Crippen molar-refractivity contribution < 1.29 is 22.4 Å². The third kappa shape index (κ3) is 6.02. The van der Waals surface area contributed by atoms with Crippen LogP contribution in [-0.4, -0.2) is 86.7 Å². The average molecular weight is 455 g/mol. The van der Waals surface area contributed by atoms with E-state index in [0.29, 0.717) is 58.7 Å². The minimum atomic E-state index is -3.76. The number of hydrogen-bond donors (Lipinski definition) is 1. The van der Waals surface area contributed by atoms with Gasteiger partial charge in [-0.2, -0.15) is 4.31 Å². The number of benzene rings is 1. The van der Waals surface area contributed by atoms with Crippen LogP contribution in [0.25, 0.3) is 0 Å². The lowest BCUT2D eigenvalue weighted by molar-refractivity contribution is -0.138. The summed E-state index contributed by atoms with van der Waals surface area (Å²) in [5, 5.41) is 2.86. The van der Waals surface area contributed by atoms with Gasteiger partial charge in [-0.15, -0.1) is 0 Å². The van der Waals surface area contributed by atoms with Gasteiger partial charge >= 0.3 is 0 Å². The van der Waals surface area contributed by atoms with E-state index in [1.165, 1.54) is 16.4 Å². The molecule has 2 amide bonds. The van der Waals surface area contributed by atoms with Crippen molar-refractivity contribution in [1.82, 2.24) is 19.4 Å². The molecule has 3 rings (SSSR count). The lowest BCUT2D eigenvalue weighted by Gasteiger charge is -2.38. The Balaban J connectivity index is 1.54. The van der Waals surface area contributed by atoms with Gasteiger partial charge in [0.2, 0.25) is 21.8 Å². The highest BCUT2D eigenvalue weighted by Crippen LogP contribution is 2.25. The van der Waals surface area contributed by atoms with Crippen LogP contribution in [-0.2, 0) is 19.6 Å². The summed E-state index contributed by atoms with van der Waals surface area (Å²) < 4.78 is 40.3. The van der Waals surface area contributed by atoms with Gasteiger partial charge in [0.15, 0.2) is 0 Å². The van der Waals surface area contributed by atoms with E-state index in [-0.39, 0.29) is 29.2 Å². The first-order valence-electron chi connectivity index (χ1n) is 10.8. The fraction of sp³-hybridized carbons (Fsp3) is 0.619. The number of halogens is 1. The van der Waals surface area contributed by atoms with Gasteiger partial charge < -0.3 is 10.2 Å². The van der Waals surface area contributed by atoms with Crippen molar-refractivity contribution in [3.63, 3.8) is 0 Å². The predicted octanol–water partition coefficient (Wildman–Crippen LogP) is 0.897. The quantitative estimate of drug-likeness (QED) is 0.661. The first-order chi connectivity index (χ1) is 14.8. The molecule has 172 valence electrons. The van der Waals surface area contributed by atoms with E-state index in [4.69, 9.17) is 0 Å². The summed E-state index contributed by atoms with van der Waals surface area (Å²) in [6.45, 7) is 5.78. The van der Waals surface area contributed by atoms with Crippen LogP contribution in [0, 0.1) is 11.7 Å². The second-order valence-corrected chi connectivity index (χ2v) is 10.0. The van der Waals surface area contributed by atoms with Crippen molar-refractivity contribution in [2.24, 2.45) is 5.92 Å². The Bertz CT molecular complexity index is 870. The third-order valence-corrected chi connectivity index (χ3v) is 7.69. The van der Waals surface area contributed by atoms with Gasteiger partial charge in [0.1, 0.15) is 5.82 Å². The Kier molecular flexibility index (Phi) is 8.01. The van der Waals surface area contributed by atoms with Gasteiger partial charge in [0.25, 0.3) is 0 Å². The summed E-state index contributed by atoms with van der Waals surface area (Å²) in [6, 6.07) is 4.76. The van der Waals surface area contributed by atoms with E-state index < -0.39 is 15.8 Å². The van der Waals surface area contributed by atoms with E-state index in [0.717, 1.165) is 18.6 Å². The lowest BCUT2D eigenvalue weighted by Crippen LogP contribution is -2.54. The molecule has 2 heterocycles. The van der Waals surface area contributed by atoms with Crippen LogP contribution < -0.4 is 5.32 Å². The average Bonchev–Trinajstić information content (AvgIpc) is 2.78. The second-order valence-electron chi connectivity index (χ2n) is 8.11. The van der Waals surface area contributed by atoms with Crippen LogP contribution in [0.5, 0.6) is 0 Å². The predicted molar refractivity (Wildman–Crippen MR) is 114 cm³/mol. The number of sulfonamides is 1. The molecular formula is C21H31FN4O4S. The van der Waals surface area contributed by atoms with Gasteiger partial charge in [-0.05, 0) is 43.5 Å². The van der Waals surface area contributed by atoms with Gasteiger partial charge in [-0.1, -0.05) is 6.92 Å². The van der Waals surface area contributed by atoms with E-state index in [1.807, 2.05) is 11.8 Å². The molecule has 1 unspecified atom stereocenters. The molecule has 1 N–H and O–H groups in total. The Morgan fingerprint density at radius 3 is 2.42 bits per heavy atom.